The third-order valence-electron chi connectivity index (χ3n) is 4.73. The van der Waals surface area contributed by atoms with Gasteiger partial charge in [0.05, 0.1) is 25.3 Å². The normalized spacial score (nSPS) is 24.9. The van der Waals surface area contributed by atoms with Crippen LogP contribution < -0.4 is 5.32 Å². The van der Waals surface area contributed by atoms with E-state index in [1.54, 1.807) is 11.0 Å². The monoisotopic (exact) mass is 327 g/mol. The molecule has 7 heteroatoms. The largest absolute Gasteiger partial charge is 0.374 e. The van der Waals surface area contributed by atoms with Gasteiger partial charge in [-0.3, -0.25) is 14.4 Å². The van der Waals surface area contributed by atoms with Crippen molar-refractivity contribution in [2.24, 2.45) is 0 Å². The van der Waals surface area contributed by atoms with E-state index in [-0.39, 0.29) is 18.1 Å². The summed E-state index contributed by atoms with van der Waals surface area (Å²) in [5.74, 6) is 0.0846. The minimum Gasteiger partial charge on any atom is -0.374 e. The van der Waals surface area contributed by atoms with E-state index in [0.717, 1.165) is 31.6 Å². The van der Waals surface area contributed by atoms with Crippen LogP contribution in [-0.4, -0.2) is 57.4 Å². The third kappa shape index (κ3) is 3.18. The molecule has 24 heavy (non-hydrogen) atoms. The molecule has 0 saturated carbocycles. The molecule has 7 nitrogen and oxygen atoms in total. The van der Waals surface area contributed by atoms with Crippen molar-refractivity contribution in [1.82, 2.24) is 19.7 Å². The molecule has 0 spiro atoms. The summed E-state index contributed by atoms with van der Waals surface area (Å²) in [5.41, 5.74) is 2.15. The van der Waals surface area contributed by atoms with Gasteiger partial charge in [-0.1, -0.05) is 18.2 Å². The molecule has 0 bridgehead atoms. The number of morpholine rings is 1. The number of carbonyl (C=O) groups is 1. The quantitative estimate of drug-likeness (QED) is 0.908. The number of hydrogen-bond acceptors (Lipinski definition) is 5. The number of aryl methyl sites for hydroxylation is 1. The molecule has 2 aliphatic heterocycles. The Morgan fingerprint density at radius 1 is 1.33 bits per heavy atom. The van der Waals surface area contributed by atoms with Crippen LogP contribution in [0.4, 0.5) is 5.69 Å². The van der Waals surface area contributed by atoms with Gasteiger partial charge in [0.15, 0.2) is 0 Å². The molecule has 0 radical (unpaired) electrons. The van der Waals surface area contributed by atoms with Crippen molar-refractivity contribution >= 4 is 11.6 Å². The molecule has 1 N–H and O–H groups in total. The Balaban J connectivity index is 1.44. The van der Waals surface area contributed by atoms with E-state index in [4.69, 9.17) is 4.74 Å². The van der Waals surface area contributed by atoms with Crippen LogP contribution in [0.25, 0.3) is 0 Å². The zero-order chi connectivity index (χ0) is 16.4. The topological polar surface area (TPSA) is 72.3 Å². The van der Waals surface area contributed by atoms with Gasteiger partial charge in [-0.2, -0.15) is 5.10 Å². The lowest BCUT2D eigenvalue weighted by atomic mass is 10.0. The number of hydrogen-bond donors (Lipinski definition) is 1. The number of rotatable bonds is 3. The Bertz CT molecular complexity index is 703. The second kappa shape index (κ2) is 6.70. The minimum absolute atomic E-state index is 0.0267. The highest BCUT2D eigenvalue weighted by molar-refractivity contribution is 5.96. The van der Waals surface area contributed by atoms with Crippen LogP contribution in [0.3, 0.4) is 0 Å². The number of carbonyl (C=O) groups excluding carboxylic acids is 1. The van der Waals surface area contributed by atoms with Crippen LogP contribution in [0, 0.1) is 0 Å². The van der Waals surface area contributed by atoms with Gasteiger partial charge in [0, 0.05) is 18.8 Å². The number of benzene rings is 1. The molecule has 2 aromatic rings. The number of ether oxygens (including phenoxy) is 1. The van der Waals surface area contributed by atoms with E-state index in [0.29, 0.717) is 13.2 Å². The SMILES string of the molecule is O=C1Nc2ccccc2CCC1N1CCOC(Cn2cncn2)C1. The van der Waals surface area contributed by atoms with Crippen LogP contribution in [0.1, 0.15) is 12.0 Å². The predicted octanol–water partition coefficient (Wildman–Crippen LogP) is 0.932. The molecule has 2 atom stereocenters. The molecular formula is C17H21N5O2. The van der Waals surface area contributed by atoms with Crippen molar-refractivity contribution in [2.75, 3.05) is 25.0 Å². The Labute approximate surface area is 140 Å². The maximum Gasteiger partial charge on any atom is 0.241 e. The van der Waals surface area contributed by atoms with Gasteiger partial charge < -0.3 is 10.1 Å². The van der Waals surface area contributed by atoms with Crippen molar-refractivity contribution in [1.29, 1.82) is 0 Å². The smallest absolute Gasteiger partial charge is 0.241 e. The van der Waals surface area contributed by atoms with E-state index in [1.165, 1.54) is 11.9 Å². The summed E-state index contributed by atoms with van der Waals surface area (Å²) in [5, 5.41) is 7.21. The number of para-hydroxylation sites is 1. The van der Waals surface area contributed by atoms with Crippen molar-refractivity contribution in [3.05, 3.63) is 42.5 Å². The van der Waals surface area contributed by atoms with E-state index in [1.807, 2.05) is 18.2 Å². The number of aromatic nitrogens is 3. The Morgan fingerprint density at radius 3 is 3.12 bits per heavy atom. The Kier molecular flexibility index (Phi) is 4.27. The Morgan fingerprint density at radius 2 is 2.25 bits per heavy atom. The highest BCUT2D eigenvalue weighted by atomic mass is 16.5. The average Bonchev–Trinajstić information content (AvgIpc) is 3.03. The molecule has 126 valence electrons. The van der Waals surface area contributed by atoms with E-state index >= 15 is 0 Å². The first kappa shape index (κ1) is 15.3. The van der Waals surface area contributed by atoms with E-state index in [9.17, 15) is 4.79 Å². The van der Waals surface area contributed by atoms with E-state index in [2.05, 4.69) is 26.4 Å². The highest BCUT2D eigenvalue weighted by Gasteiger charge is 2.32. The first-order valence-corrected chi connectivity index (χ1v) is 8.36. The molecule has 1 aromatic heterocycles. The summed E-state index contributed by atoms with van der Waals surface area (Å²) in [6.45, 7) is 2.80. The van der Waals surface area contributed by atoms with Crippen LogP contribution in [0.5, 0.6) is 0 Å². The number of nitrogens with zero attached hydrogens (tertiary/aromatic N) is 4. The second-order valence-electron chi connectivity index (χ2n) is 6.31. The van der Waals surface area contributed by atoms with Gasteiger partial charge in [-0.05, 0) is 24.5 Å². The fourth-order valence-electron chi connectivity index (χ4n) is 3.52. The van der Waals surface area contributed by atoms with Gasteiger partial charge >= 0.3 is 0 Å². The first-order chi connectivity index (χ1) is 11.8. The highest BCUT2D eigenvalue weighted by Crippen LogP contribution is 2.24. The zero-order valence-electron chi connectivity index (χ0n) is 13.5. The molecule has 4 rings (SSSR count). The zero-order valence-corrected chi connectivity index (χ0v) is 13.5. The molecule has 2 aliphatic rings. The third-order valence-corrected chi connectivity index (χ3v) is 4.73. The standard InChI is InChI=1S/C17H21N5O2/c23-17-16(6-5-13-3-1-2-4-15(13)20-17)21-7-8-24-14(9-21)10-22-12-18-11-19-22/h1-4,11-12,14,16H,5-10H2,(H,20,23). The van der Waals surface area contributed by atoms with Crippen molar-refractivity contribution in [3.63, 3.8) is 0 Å². The van der Waals surface area contributed by atoms with Crippen LogP contribution in [0.2, 0.25) is 0 Å². The summed E-state index contributed by atoms with van der Waals surface area (Å²) in [6, 6.07) is 7.93. The summed E-state index contributed by atoms with van der Waals surface area (Å²) < 4.78 is 7.61. The van der Waals surface area contributed by atoms with Crippen LogP contribution >= 0.6 is 0 Å². The van der Waals surface area contributed by atoms with Gasteiger partial charge in [-0.25, -0.2) is 4.98 Å². The number of amides is 1. The van der Waals surface area contributed by atoms with Gasteiger partial charge in [0.2, 0.25) is 5.91 Å². The molecule has 2 unspecified atom stereocenters. The lowest BCUT2D eigenvalue weighted by Gasteiger charge is -2.37. The van der Waals surface area contributed by atoms with Gasteiger partial charge in [-0.15, -0.1) is 0 Å². The van der Waals surface area contributed by atoms with Crippen molar-refractivity contribution in [2.45, 2.75) is 31.5 Å². The van der Waals surface area contributed by atoms with Crippen molar-refractivity contribution in [3.8, 4) is 0 Å². The molecule has 0 aliphatic carbocycles. The lowest BCUT2D eigenvalue weighted by Crippen LogP contribution is -2.52. The van der Waals surface area contributed by atoms with Crippen molar-refractivity contribution < 1.29 is 9.53 Å². The number of nitrogens with one attached hydrogen (secondary N) is 1. The van der Waals surface area contributed by atoms with E-state index < -0.39 is 0 Å². The minimum atomic E-state index is -0.112. The summed E-state index contributed by atoms with van der Waals surface area (Å²) in [7, 11) is 0. The molecule has 1 aromatic carbocycles. The lowest BCUT2D eigenvalue weighted by molar-refractivity contribution is -0.125. The maximum atomic E-state index is 12.7. The Hall–Kier alpha value is -2.25. The summed E-state index contributed by atoms with van der Waals surface area (Å²) in [6.07, 6.45) is 4.98. The second-order valence-corrected chi connectivity index (χ2v) is 6.31. The number of fused-ring (bicyclic) bond motifs is 1. The van der Waals surface area contributed by atoms with Gasteiger partial charge in [0.1, 0.15) is 12.7 Å². The molecule has 1 fully saturated rings. The average molecular weight is 327 g/mol. The molecule has 1 amide bonds. The first-order valence-electron chi connectivity index (χ1n) is 8.36. The predicted molar refractivity (Wildman–Crippen MR) is 88.5 cm³/mol. The van der Waals surface area contributed by atoms with Gasteiger partial charge in [0.25, 0.3) is 0 Å². The molecule has 3 heterocycles. The fourth-order valence-corrected chi connectivity index (χ4v) is 3.52. The number of anilines is 1. The summed E-state index contributed by atoms with van der Waals surface area (Å²) >= 11 is 0. The molecule has 1 saturated heterocycles. The van der Waals surface area contributed by atoms with Crippen LogP contribution in [-0.2, 0) is 22.5 Å². The summed E-state index contributed by atoms with van der Waals surface area (Å²) in [4.78, 5) is 18.9. The maximum absolute atomic E-state index is 12.7. The fraction of sp³-hybridized carbons (Fsp3) is 0.471. The molecular weight excluding hydrogens is 306 g/mol. The van der Waals surface area contributed by atoms with Crippen LogP contribution in [0.15, 0.2) is 36.9 Å².